The van der Waals surface area contributed by atoms with Crippen LogP contribution in [0.5, 0.6) is 0 Å². The standard InChI is InChI=1S/C22H25NO4S/c1-16-2-6-20(7-3-16)28(26,27)23-11-10-22(15-23)9-8-17-4-5-18(21(25)14-24)12-19(17)13-22/h2-7,12,24H,8-11,13-15H2,1H3. The zero-order valence-corrected chi connectivity index (χ0v) is 16.8. The van der Waals surface area contributed by atoms with Gasteiger partial charge in [0.2, 0.25) is 10.0 Å². The summed E-state index contributed by atoms with van der Waals surface area (Å²) in [6.07, 6.45) is 3.44. The Morgan fingerprint density at radius 1 is 1.11 bits per heavy atom. The molecule has 1 atom stereocenters. The lowest BCUT2D eigenvalue weighted by Crippen LogP contribution is -2.35. The molecule has 1 unspecified atom stereocenters. The molecule has 1 fully saturated rings. The Morgan fingerprint density at radius 3 is 2.57 bits per heavy atom. The van der Waals surface area contributed by atoms with E-state index in [1.807, 2.05) is 31.2 Å². The molecule has 0 amide bonds. The average molecular weight is 400 g/mol. The van der Waals surface area contributed by atoms with Gasteiger partial charge < -0.3 is 5.11 Å². The third kappa shape index (κ3) is 3.41. The van der Waals surface area contributed by atoms with Gasteiger partial charge in [0, 0.05) is 18.7 Å². The zero-order chi connectivity index (χ0) is 19.9. The van der Waals surface area contributed by atoms with Crippen LogP contribution in [0.4, 0.5) is 0 Å². The summed E-state index contributed by atoms with van der Waals surface area (Å²) < 4.78 is 27.7. The second-order valence-electron chi connectivity index (χ2n) is 8.14. The highest BCUT2D eigenvalue weighted by Gasteiger charge is 2.44. The Balaban J connectivity index is 1.57. The van der Waals surface area contributed by atoms with Crippen molar-refractivity contribution < 1.29 is 18.3 Å². The number of nitrogens with zero attached hydrogens (tertiary/aromatic N) is 1. The van der Waals surface area contributed by atoms with E-state index in [4.69, 9.17) is 5.11 Å². The van der Waals surface area contributed by atoms with E-state index >= 15 is 0 Å². The largest absolute Gasteiger partial charge is 0.388 e. The highest BCUT2D eigenvalue weighted by molar-refractivity contribution is 7.89. The Hall–Kier alpha value is -2.02. The number of hydrogen-bond acceptors (Lipinski definition) is 4. The predicted octanol–water partition coefficient (Wildman–Crippen LogP) is 2.74. The highest BCUT2D eigenvalue weighted by atomic mass is 32.2. The summed E-state index contributed by atoms with van der Waals surface area (Å²) in [4.78, 5) is 12.2. The van der Waals surface area contributed by atoms with Gasteiger partial charge in [-0.1, -0.05) is 29.8 Å². The van der Waals surface area contributed by atoms with Crippen molar-refractivity contribution in [3.63, 3.8) is 0 Å². The maximum Gasteiger partial charge on any atom is 0.243 e. The quantitative estimate of drug-likeness (QED) is 0.803. The van der Waals surface area contributed by atoms with Gasteiger partial charge in [0.05, 0.1) is 4.90 Å². The van der Waals surface area contributed by atoms with Gasteiger partial charge in [0.1, 0.15) is 6.61 Å². The lowest BCUT2D eigenvalue weighted by Gasteiger charge is -2.35. The van der Waals surface area contributed by atoms with Gasteiger partial charge in [-0.3, -0.25) is 4.79 Å². The molecule has 1 saturated heterocycles. The molecular weight excluding hydrogens is 374 g/mol. The fraction of sp³-hybridized carbons (Fsp3) is 0.409. The van der Waals surface area contributed by atoms with Gasteiger partial charge in [-0.05, 0) is 67.3 Å². The summed E-state index contributed by atoms with van der Waals surface area (Å²) in [5.41, 5.74) is 3.82. The molecule has 2 aromatic rings. The monoisotopic (exact) mass is 399 g/mol. The van der Waals surface area contributed by atoms with E-state index in [9.17, 15) is 13.2 Å². The Morgan fingerprint density at radius 2 is 1.86 bits per heavy atom. The molecule has 5 nitrogen and oxygen atoms in total. The van der Waals surface area contributed by atoms with Crippen LogP contribution in [0.25, 0.3) is 0 Å². The van der Waals surface area contributed by atoms with Crippen LogP contribution < -0.4 is 0 Å². The van der Waals surface area contributed by atoms with E-state index in [0.29, 0.717) is 23.5 Å². The number of Topliss-reactive ketones (excluding diaryl/α,β-unsaturated/α-hetero) is 1. The van der Waals surface area contributed by atoms with Crippen molar-refractivity contribution in [2.75, 3.05) is 19.7 Å². The minimum absolute atomic E-state index is 0.0777. The highest BCUT2D eigenvalue weighted by Crippen LogP contribution is 2.44. The van der Waals surface area contributed by atoms with Crippen LogP contribution in [-0.4, -0.2) is 43.3 Å². The summed E-state index contributed by atoms with van der Waals surface area (Å²) in [6.45, 7) is 2.49. The zero-order valence-electron chi connectivity index (χ0n) is 16.0. The molecule has 1 heterocycles. The number of carbonyl (C=O) groups excluding carboxylic acids is 1. The van der Waals surface area contributed by atoms with Crippen LogP contribution in [0.15, 0.2) is 47.4 Å². The molecule has 2 aliphatic rings. The van der Waals surface area contributed by atoms with Gasteiger partial charge >= 0.3 is 0 Å². The van der Waals surface area contributed by atoms with Gasteiger partial charge in [-0.15, -0.1) is 0 Å². The number of sulfonamides is 1. The smallest absolute Gasteiger partial charge is 0.243 e. The first-order chi connectivity index (χ1) is 13.3. The van der Waals surface area contributed by atoms with E-state index in [1.165, 1.54) is 5.56 Å². The minimum atomic E-state index is -3.49. The first-order valence-electron chi connectivity index (χ1n) is 9.66. The molecule has 4 rings (SSSR count). The number of carbonyl (C=O) groups is 1. The number of hydrogen-bond donors (Lipinski definition) is 1. The van der Waals surface area contributed by atoms with Crippen molar-refractivity contribution in [2.45, 2.75) is 37.5 Å². The van der Waals surface area contributed by atoms with Crippen LogP contribution in [0.2, 0.25) is 0 Å². The van der Waals surface area contributed by atoms with Crippen LogP contribution in [0, 0.1) is 12.3 Å². The second-order valence-corrected chi connectivity index (χ2v) is 10.1. The van der Waals surface area contributed by atoms with Crippen LogP contribution in [-0.2, 0) is 22.9 Å². The van der Waals surface area contributed by atoms with Gasteiger partial charge in [-0.25, -0.2) is 8.42 Å². The molecule has 1 spiro atoms. The number of aliphatic hydroxyl groups excluding tert-OH is 1. The van der Waals surface area contributed by atoms with Crippen LogP contribution >= 0.6 is 0 Å². The Kier molecular flexibility index (Phi) is 4.89. The van der Waals surface area contributed by atoms with Crippen molar-refractivity contribution in [2.24, 2.45) is 5.41 Å². The summed E-state index contributed by atoms with van der Waals surface area (Å²) in [6, 6.07) is 12.6. The molecule has 0 bridgehead atoms. The molecule has 1 aliphatic carbocycles. The summed E-state index contributed by atoms with van der Waals surface area (Å²) in [7, 11) is -3.49. The maximum atomic E-state index is 13.1. The van der Waals surface area contributed by atoms with E-state index < -0.39 is 16.6 Å². The molecule has 6 heteroatoms. The molecule has 2 aromatic carbocycles. The number of aliphatic hydroxyl groups is 1. The van der Waals surface area contributed by atoms with E-state index in [2.05, 4.69) is 0 Å². The van der Waals surface area contributed by atoms with Crippen molar-refractivity contribution in [1.82, 2.24) is 4.31 Å². The van der Waals surface area contributed by atoms with Gasteiger partial charge in [0.25, 0.3) is 0 Å². The third-order valence-electron chi connectivity index (χ3n) is 6.22. The first-order valence-corrected chi connectivity index (χ1v) is 11.1. The van der Waals surface area contributed by atoms with Crippen molar-refractivity contribution in [3.8, 4) is 0 Å². The molecule has 28 heavy (non-hydrogen) atoms. The fourth-order valence-electron chi connectivity index (χ4n) is 4.50. The number of ketones is 1. The minimum Gasteiger partial charge on any atom is -0.388 e. The predicted molar refractivity (Wildman–Crippen MR) is 107 cm³/mol. The fourth-order valence-corrected chi connectivity index (χ4v) is 6.05. The number of fused-ring (bicyclic) bond motifs is 1. The van der Waals surface area contributed by atoms with Gasteiger partial charge in [-0.2, -0.15) is 4.31 Å². The van der Waals surface area contributed by atoms with Crippen LogP contribution in [0.3, 0.4) is 0 Å². The first kappa shape index (κ1) is 19.3. The van der Waals surface area contributed by atoms with Crippen molar-refractivity contribution >= 4 is 15.8 Å². The Labute approximate surface area is 166 Å². The third-order valence-corrected chi connectivity index (χ3v) is 8.08. The van der Waals surface area contributed by atoms with Crippen molar-refractivity contribution in [3.05, 3.63) is 64.7 Å². The van der Waals surface area contributed by atoms with E-state index in [1.54, 1.807) is 22.5 Å². The maximum absolute atomic E-state index is 13.1. The number of rotatable bonds is 4. The lowest BCUT2D eigenvalue weighted by molar-refractivity contribution is 0.0903. The number of aryl methyl sites for hydroxylation is 2. The lowest BCUT2D eigenvalue weighted by atomic mass is 9.71. The molecule has 1 N–H and O–H groups in total. The summed E-state index contributed by atoms with van der Waals surface area (Å²) >= 11 is 0. The SMILES string of the molecule is Cc1ccc(S(=O)(=O)N2CCC3(CCc4ccc(C(=O)CO)cc4C3)C2)cc1. The average Bonchev–Trinajstić information content (AvgIpc) is 3.11. The topological polar surface area (TPSA) is 74.7 Å². The molecule has 0 saturated carbocycles. The molecular formula is C22H25NO4S. The van der Waals surface area contributed by atoms with E-state index in [0.717, 1.165) is 36.8 Å². The summed E-state index contributed by atoms with van der Waals surface area (Å²) in [5, 5.41) is 9.12. The Bertz CT molecular complexity index is 1010. The second kappa shape index (κ2) is 7.10. The number of benzene rings is 2. The molecule has 0 aromatic heterocycles. The molecule has 1 aliphatic heterocycles. The van der Waals surface area contributed by atoms with Crippen LogP contribution in [0.1, 0.15) is 39.9 Å². The van der Waals surface area contributed by atoms with E-state index in [-0.39, 0.29) is 11.2 Å². The van der Waals surface area contributed by atoms with Crippen molar-refractivity contribution in [1.29, 1.82) is 0 Å². The van der Waals surface area contributed by atoms with Gasteiger partial charge in [0.15, 0.2) is 5.78 Å². The normalized spacial score (nSPS) is 22.4. The molecule has 148 valence electrons. The molecule has 0 radical (unpaired) electrons. The summed E-state index contributed by atoms with van der Waals surface area (Å²) in [5.74, 6) is -0.280.